The first-order valence-electron chi connectivity index (χ1n) is 7.13. The molecule has 0 spiro atoms. The van der Waals surface area contributed by atoms with E-state index in [-0.39, 0.29) is 12.5 Å². The first-order chi connectivity index (χ1) is 11.5. The fourth-order valence-corrected chi connectivity index (χ4v) is 2.34. The molecule has 1 N–H and O–H groups in total. The SMILES string of the molecule is O=C(COC(=O)/C=C/c1ccco1)NCCc1ccc(Cl)cc1Cl. The van der Waals surface area contributed by atoms with E-state index in [1.54, 1.807) is 30.3 Å². The summed E-state index contributed by atoms with van der Waals surface area (Å²) >= 11 is 11.9. The van der Waals surface area contributed by atoms with Crippen molar-refractivity contribution in [3.05, 3.63) is 64.0 Å². The fourth-order valence-electron chi connectivity index (χ4n) is 1.83. The van der Waals surface area contributed by atoms with Crippen molar-refractivity contribution >= 4 is 41.2 Å². The third-order valence-corrected chi connectivity index (χ3v) is 3.59. The maximum Gasteiger partial charge on any atom is 0.331 e. The molecule has 7 heteroatoms. The van der Waals surface area contributed by atoms with Crippen LogP contribution in [0.25, 0.3) is 6.08 Å². The molecule has 0 saturated carbocycles. The fraction of sp³-hybridized carbons (Fsp3) is 0.176. The number of amides is 1. The van der Waals surface area contributed by atoms with E-state index in [1.807, 2.05) is 0 Å². The van der Waals surface area contributed by atoms with Crippen LogP contribution in [0.15, 0.2) is 47.1 Å². The van der Waals surface area contributed by atoms with Gasteiger partial charge in [0, 0.05) is 22.7 Å². The van der Waals surface area contributed by atoms with E-state index in [0.717, 1.165) is 5.56 Å². The Kier molecular flexibility index (Phi) is 6.90. The minimum atomic E-state index is -0.623. The highest BCUT2D eigenvalue weighted by Crippen LogP contribution is 2.20. The quantitative estimate of drug-likeness (QED) is 0.600. The van der Waals surface area contributed by atoms with Crippen LogP contribution in [0.1, 0.15) is 11.3 Å². The van der Waals surface area contributed by atoms with Crippen molar-refractivity contribution in [1.82, 2.24) is 5.32 Å². The van der Waals surface area contributed by atoms with Crippen molar-refractivity contribution in [2.24, 2.45) is 0 Å². The van der Waals surface area contributed by atoms with Gasteiger partial charge < -0.3 is 14.5 Å². The van der Waals surface area contributed by atoms with E-state index in [1.165, 1.54) is 18.4 Å². The lowest BCUT2D eigenvalue weighted by molar-refractivity contribution is -0.143. The molecule has 0 fully saturated rings. The zero-order valence-corrected chi connectivity index (χ0v) is 14.1. The van der Waals surface area contributed by atoms with Crippen LogP contribution in [0.3, 0.4) is 0 Å². The van der Waals surface area contributed by atoms with Gasteiger partial charge in [0.2, 0.25) is 0 Å². The molecule has 1 aromatic carbocycles. The van der Waals surface area contributed by atoms with Crippen LogP contribution in [0.4, 0.5) is 0 Å². The second-order valence-corrected chi connectivity index (χ2v) is 5.64. The van der Waals surface area contributed by atoms with Crippen LogP contribution in [0, 0.1) is 0 Å². The molecular formula is C17H15Cl2NO4. The van der Waals surface area contributed by atoms with Crippen molar-refractivity contribution in [3.63, 3.8) is 0 Å². The van der Waals surface area contributed by atoms with Gasteiger partial charge in [0.1, 0.15) is 5.76 Å². The molecule has 0 bridgehead atoms. The molecule has 24 heavy (non-hydrogen) atoms. The van der Waals surface area contributed by atoms with Crippen molar-refractivity contribution in [2.45, 2.75) is 6.42 Å². The second kappa shape index (κ2) is 9.15. The predicted molar refractivity (Wildman–Crippen MR) is 91.9 cm³/mol. The number of carbonyl (C=O) groups is 2. The van der Waals surface area contributed by atoms with Crippen molar-refractivity contribution in [1.29, 1.82) is 0 Å². The summed E-state index contributed by atoms with van der Waals surface area (Å²) in [6.45, 7) is 0.0235. The lowest BCUT2D eigenvalue weighted by Crippen LogP contribution is -2.30. The molecule has 1 heterocycles. The number of halogens is 2. The summed E-state index contributed by atoms with van der Waals surface area (Å²) in [5, 5.41) is 3.75. The molecule has 0 atom stereocenters. The Bertz CT molecular complexity index is 726. The normalized spacial score (nSPS) is 10.8. The van der Waals surface area contributed by atoms with Crippen LogP contribution < -0.4 is 5.32 Å². The maximum absolute atomic E-state index is 11.6. The van der Waals surface area contributed by atoms with Gasteiger partial charge in [-0.15, -0.1) is 0 Å². The molecule has 0 aliphatic rings. The van der Waals surface area contributed by atoms with Gasteiger partial charge in [-0.2, -0.15) is 0 Å². The topological polar surface area (TPSA) is 68.5 Å². The highest BCUT2D eigenvalue weighted by molar-refractivity contribution is 6.35. The summed E-state index contributed by atoms with van der Waals surface area (Å²) in [7, 11) is 0. The first kappa shape index (κ1) is 18.1. The predicted octanol–water partition coefficient (Wildman–Crippen LogP) is 3.50. The number of benzene rings is 1. The number of hydrogen-bond acceptors (Lipinski definition) is 4. The van der Waals surface area contributed by atoms with Gasteiger partial charge >= 0.3 is 5.97 Å². The Hall–Kier alpha value is -2.24. The molecule has 0 aliphatic carbocycles. The van der Waals surface area contributed by atoms with Gasteiger partial charge in [-0.05, 0) is 42.3 Å². The molecule has 1 aromatic heterocycles. The lowest BCUT2D eigenvalue weighted by atomic mass is 10.1. The molecule has 5 nitrogen and oxygen atoms in total. The van der Waals surface area contributed by atoms with E-state index in [4.69, 9.17) is 32.4 Å². The molecule has 1 amide bonds. The monoisotopic (exact) mass is 367 g/mol. The lowest BCUT2D eigenvalue weighted by Gasteiger charge is -2.07. The average molecular weight is 368 g/mol. The average Bonchev–Trinajstić information content (AvgIpc) is 3.06. The first-order valence-corrected chi connectivity index (χ1v) is 7.89. The summed E-state index contributed by atoms with van der Waals surface area (Å²) in [6.07, 6.45) is 4.70. The summed E-state index contributed by atoms with van der Waals surface area (Å²) in [5.41, 5.74) is 0.875. The van der Waals surface area contributed by atoms with Crippen LogP contribution in [0.5, 0.6) is 0 Å². The molecular weight excluding hydrogens is 353 g/mol. The molecule has 0 unspecified atom stereocenters. The maximum atomic E-state index is 11.6. The van der Waals surface area contributed by atoms with E-state index >= 15 is 0 Å². The minimum absolute atomic E-state index is 0.352. The Morgan fingerprint density at radius 3 is 2.79 bits per heavy atom. The van der Waals surface area contributed by atoms with Crippen LogP contribution in [-0.2, 0) is 20.7 Å². The van der Waals surface area contributed by atoms with Gasteiger partial charge in [0.25, 0.3) is 5.91 Å². The van der Waals surface area contributed by atoms with Crippen molar-refractivity contribution < 1.29 is 18.7 Å². The van der Waals surface area contributed by atoms with E-state index in [2.05, 4.69) is 5.32 Å². The number of ether oxygens (including phenoxy) is 1. The highest BCUT2D eigenvalue weighted by Gasteiger charge is 2.06. The molecule has 0 saturated heterocycles. The molecule has 2 rings (SSSR count). The summed E-state index contributed by atoms with van der Waals surface area (Å²) in [4.78, 5) is 23.1. The standard InChI is InChI=1S/C17H15Cl2NO4/c18-13-4-3-12(15(19)10-13)7-8-20-16(21)11-24-17(22)6-5-14-2-1-9-23-14/h1-6,9-10H,7-8,11H2,(H,20,21)/b6-5+. The third kappa shape index (κ3) is 6.10. The van der Waals surface area contributed by atoms with Gasteiger partial charge in [0.05, 0.1) is 6.26 Å². The summed E-state index contributed by atoms with van der Waals surface area (Å²) in [5.74, 6) is -0.488. The molecule has 2 aromatic rings. The molecule has 0 radical (unpaired) electrons. The van der Waals surface area contributed by atoms with Crippen LogP contribution in [-0.4, -0.2) is 25.0 Å². The number of rotatable bonds is 7. The Morgan fingerprint density at radius 1 is 1.25 bits per heavy atom. The zero-order valence-electron chi connectivity index (χ0n) is 12.6. The van der Waals surface area contributed by atoms with Crippen molar-refractivity contribution in [3.8, 4) is 0 Å². The number of hydrogen-bond donors (Lipinski definition) is 1. The van der Waals surface area contributed by atoms with Crippen LogP contribution in [0.2, 0.25) is 10.0 Å². The smallest absolute Gasteiger partial charge is 0.331 e. The molecule has 0 aliphatic heterocycles. The Balaban J connectivity index is 1.67. The number of carbonyl (C=O) groups excluding carboxylic acids is 2. The van der Waals surface area contributed by atoms with E-state index in [9.17, 15) is 9.59 Å². The van der Waals surface area contributed by atoms with Gasteiger partial charge in [-0.25, -0.2) is 4.79 Å². The van der Waals surface area contributed by atoms with Gasteiger partial charge in [-0.1, -0.05) is 29.3 Å². The van der Waals surface area contributed by atoms with E-state index in [0.29, 0.717) is 28.8 Å². The Labute approximate surface area is 149 Å². The largest absolute Gasteiger partial charge is 0.465 e. The zero-order chi connectivity index (χ0) is 17.4. The highest BCUT2D eigenvalue weighted by atomic mass is 35.5. The minimum Gasteiger partial charge on any atom is -0.465 e. The molecule has 126 valence electrons. The third-order valence-electron chi connectivity index (χ3n) is 3.00. The van der Waals surface area contributed by atoms with Crippen LogP contribution >= 0.6 is 23.2 Å². The van der Waals surface area contributed by atoms with Crippen molar-refractivity contribution in [2.75, 3.05) is 13.2 Å². The summed E-state index contributed by atoms with van der Waals surface area (Å²) in [6, 6.07) is 8.57. The second-order valence-electron chi connectivity index (χ2n) is 4.79. The number of furan rings is 1. The number of esters is 1. The summed E-state index contributed by atoms with van der Waals surface area (Å²) < 4.78 is 9.85. The van der Waals surface area contributed by atoms with E-state index < -0.39 is 5.97 Å². The van der Waals surface area contributed by atoms with Gasteiger partial charge in [-0.3, -0.25) is 4.79 Å². The van der Waals surface area contributed by atoms with Gasteiger partial charge in [0.15, 0.2) is 6.61 Å². The number of nitrogens with one attached hydrogen (secondary N) is 1. The Morgan fingerprint density at radius 2 is 2.08 bits per heavy atom.